The SMILES string of the molecule is COc1cc2c(cc1OC)C(COc1ccc(F)cc1)N(C(=O)C13CC4CC(CC(C4)C1)C3)CC2. The maximum atomic E-state index is 14.4. The van der Waals surface area contributed by atoms with Gasteiger partial charge in [-0.3, -0.25) is 4.79 Å². The predicted molar refractivity (Wildman–Crippen MR) is 130 cm³/mol. The molecule has 5 nitrogen and oxygen atoms in total. The molecule has 0 radical (unpaired) electrons. The number of ether oxygens (including phenoxy) is 3. The zero-order chi connectivity index (χ0) is 24.2. The van der Waals surface area contributed by atoms with Crippen LogP contribution in [-0.2, 0) is 11.2 Å². The van der Waals surface area contributed by atoms with E-state index in [4.69, 9.17) is 14.2 Å². The number of methoxy groups -OCH3 is 2. The summed E-state index contributed by atoms with van der Waals surface area (Å²) in [6.45, 7) is 0.979. The highest BCUT2D eigenvalue weighted by Gasteiger charge is 2.56. The topological polar surface area (TPSA) is 48.0 Å². The highest BCUT2D eigenvalue weighted by Crippen LogP contribution is 2.61. The first-order valence-electron chi connectivity index (χ1n) is 12.9. The number of carbonyl (C=O) groups excluding carboxylic acids is 1. The van der Waals surface area contributed by atoms with Gasteiger partial charge in [-0.1, -0.05) is 0 Å². The second-order valence-electron chi connectivity index (χ2n) is 11.1. The Balaban J connectivity index is 1.34. The van der Waals surface area contributed by atoms with Crippen molar-refractivity contribution in [2.75, 3.05) is 27.4 Å². The van der Waals surface area contributed by atoms with E-state index in [9.17, 15) is 9.18 Å². The molecular formula is C29H34FNO4. The molecule has 186 valence electrons. The number of hydrogen-bond donors (Lipinski definition) is 0. The van der Waals surface area contributed by atoms with Crippen LogP contribution >= 0.6 is 0 Å². The molecule has 7 rings (SSSR count). The molecule has 0 N–H and O–H groups in total. The van der Waals surface area contributed by atoms with Crippen molar-refractivity contribution in [2.45, 2.75) is 51.0 Å². The summed E-state index contributed by atoms with van der Waals surface area (Å²) in [6, 6.07) is 9.88. The van der Waals surface area contributed by atoms with Gasteiger partial charge in [0, 0.05) is 6.54 Å². The van der Waals surface area contributed by atoms with Crippen LogP contribution in [0.1, 0.15) is 55.7 Å². The fourth-order valence-corrected chi connectivity index (χ4v) is 7.83. The molecule has 4 fully saturated rings. The van der Waals surface area contributed by atoms with Crippen molar-refractivity contribution < 1.29 is 23.4 Å². The molecule has 1 atom stereocenters. The maximum absolute atomic E-state index is 14.4. The van der Waals surface area contributed by atoms with Crippen molar-refractivity contribution in [3.63, 3.8) is 0 Å². The summed E-state index contributed by atoms with van der Waals surface area (Å²) in [7, 11) is 3.28. The summed E-state index contributed by atoms with van der Waals surface area (Å²) < 4.78 is 30.7. The van der Waals surface area contributed by atoms with E-state index in [0.717, 1.165) is 36.8 Å². The third-order valence-electron chi connectivity index (χ3n) is 8.98. The Labute approximate surface area is 206 Å². The summed E-state index contributed by atoms with van der Waals surface area (Å²) >= 11 is 0. The van der Waals surface area contributed by atoms with Crippen LogP contribution in [0.4, 0.5) is 4.39 Å². The average Bonchev–Trinajstić information content (AvgIpc) is 2.86. The van der Waals surface area contributed by atoms with Crippen LogP contribution in [-0.4, -0.2) is 38.2 Å². The Hall–Kier alpha value is -2.76. The van der Waals surface area contributed by atoms with E-state index >= 15 is 0 Å². The van der Waals surface area contributed by atoms with Crippen molar-refractivity contribution in [2.24, 2.45) is 23.2 Å². The van der Waals surface area contributed by atoms with Gasteiger partial charge in [-0.2, -0.15) is 0 Å². The first kappa shape index (κ1) is 22.7. The van der Waals surface area contributed by atoms with Crippen molar-refractivity contribution in [3.05, 3.63) is 53.3 Å². The van der Waals surface area contributed by atoms with E-state index < -0.39 is 0 Å². The Kier molecular flexibility index (Phi) is 5.65. The fraction of sp³-hybridized carbons (Fsp3) is 0.552. The third kappa shape index (κ3) is 3.95. The lowest BCUT2D eigenvalue weighted by Gasteiger charge is -2.57. The van der Waals surface area contributed by atoms with Crippen molar-refractivity contribution in [1.29, 1.82) is 0 Å². The number of rotatable bonds is 6. The summed E-state index contributed by atoms with van der Waals surface area (Å²) in [5.41, 5.74) is 2.00. The van der Waals surface area contributed by atoms with Gasteiger partial charge in [0.05, 0.1) is 25.7 Å². The van der Waals surface area contributed by atoms with Gasteiger partial charge in [0.1, 0.15) is 18.2 Å². The number of halogens is 1. The number of carbonyl (C=O) groups is 1. The fourth-order valence-electron chi connectivity index (χ4n) is 7.83. The van der Waals surface area contributed by atoms with Crippen molar-refractivity contribution in [1.82, 2.24) is 4.90 Å². The second kappa shape index (κ2) is 8.72. The number of benzene rings is 2. The van der Waals surface area contributed by atoms with E-state index in [-0.39, 0.29) is 17.3 Å². The van der Waals surface area contributed by atoms with Crippen LogP contribution in [0.2, 0.25) is 0 Å². The predicted octanol–water partition coefficient (Wildman–Crippen LogP) is 5.56. The third-order valence-corrected chi connectivity index (χ3v) is 8.98. The number of fused-ring (bicyclic) bond motifs is 1. The van der Waals surface area contributed by atoms with E-state index in [1.165, 1.54) is 31.4 Å². The van der Waals surface area contributed by atoms with Gasteiger partial charge in [0.15, 0.2) is 11.5 Å². The molecule has 0 aromatic heterocycles. The molecule has 1 heterocycles. The first-order valence-corrected chi connectivity index (χ1v) is 12.9. The molecule has 1 aliphatic heterocycles. The Morgan fingerprint density at radius 3 is 2.17 bits per heavy atom. The number of hydrogen-bond acceptors (Lipinski definition) is 4. The van der Waals surface area contributed by atoms with Crippen LogP contribution in [0, 0.1) is 29.0 Å². The van der Waals surface area contributed by atoms with Crippen molar-refractivity contribution >= 4 is 5.91 Å². The van der Waals surface area contributed by atoms with Gasteiger partial charge >= 0.3 is 0 Å². The van der Waals surface area contributed by atoms with Crippen molar-refractivity contribution in [3.8, 4) is 17.2 Å². The van der Waals surface area contributed by atoms with Gasteiger partial charge < -0.3 is 19.1 Å². The normalized spacial score (nSPS) is 30.7. The summed E-state index contributed by atoms with van der Waals surface area (Å²) in [5.74, 6) is 4.09. The molecule has 1 unspecified atom stereocenters. The number of nitrogens with zero attached hydrogens (tertiary/aromatic N) is 1. The molecule has 0 spiro atoms. The van der Waals surface area contributed by atoms with Gasteiger partial charge in [0.25, 0.3) is 0 Å². The van der Waals surface area contributed by atoms with Gasteiger partial charge in [-0.05, 0) is 110 Å². The van der Waals surface area contributed by atoms with Gasteiger partial charge in [-0.25, -0.2) is 4.39 Å². The van der Waals surface area contributed by atoms with E-state index in [2.05, 4.69) is 4.90 Å². The largest absolute Gasteiger partial charge is 0.493 e. The highest BCUT2D eigenvalue weighted by atomic mass is 19.1. The summed E-state index contributed by atoms with van der Waals surface area (Å²) in [6.07, 6.45) is 7.83. The summed E-state index contributed by atoms with van der Waals surface area (Å²) in [5, 5.41) is 0. The molecule has 0 saturated heterocycles. The average molecular weight is 480 g/mol. The first-order chi connectivity index (χ1) is 17.0. The van der Waals surface area contributed by atoms with Gasteiger partial charge in [-0.15, -0.1) is 0 Å². The zero-order valence-electron chi connectivity index (χ0n) is 20.6. The Morgan fingerprint density at radius 2 is 1.57 bits per heavy atom. The molecule has 4 bridgehead atoms. The van der Waals surface area contributed by atoms with E-state index in [1.54, 1.807) is 26.4 Å². The van der Waals surface area contributed by atoms with Crippen LogP contribution < -0.4 is 14.2 Å². The maximum Gasteiger partial charge on any atom is 0.229 e. The quantitative estimate of drug-likeness (QED) is 0.544. The molecule has 2 aromatic rings. The van der Waals surface area contributed by atoms with Crippen LogP contribution in [0.25, 0.3) is 0 Å². The molecule has 2 aromatic carbocycles. The Morgan fingerprint density at radius 1 is 0.971 bits per heavy atom. The lowest BCUT2D eigenvalue weighted by atomic mass is 9.49. The molecule has 5 aliphatic rings. The zero-order valence-corrected chi connectivity index (χ0v) is 20.6. The Bertz CT molecular complexity index is 1080. The van der Waals surface area contributed by atoms with Crippen LogP contribution in [0.3, 0.4) is 0 Å². The minimum Gasteiger partial charge on any atom is -0.493 e. The lowest BCUT2D eigenvalue weighted by molar-refractivity contribution is -0.161. The molecule has 1 amide bonds. The lowest BCUT2D eigenvalue weighted by Crippen LogP contribution is -2.56. The molecule has 6 heteroatoms. The van der Waals surface area contributed by atoms with E-state index in [0.29, 0.717) is 54.1 Å². The minimum absolute atomic E-state index is 0.211. The van der Waals surface area contributed by atoms with E-state index in [1.807, 2.05) is 12.1 Å². The van der Waals surface area contributed by atoms with Crippen LogP contribution in [0.5, 0.6) is 17.2 Å². The second-order valence-corrected chi connectivity index (χ2v) is 11.1. The molecular weight excluding hydrogens is 445 g/mol. The molecule has 4 saturated carbocycles. The number of amides is 1. The highest BCUT2D eigenvalue weighted by molar-refractivity contribution is 5.84. The standard InChI is InChI=1S/C29H34FNO4/c1-33-26-12-21-7-8-31(28(32)29-14-18-9-19(15-29)11-20(10-18)16-29)25(24(21)13-27(26)34-2)17-35-23-5-3-22(30)4-6-23/h3-6,12-13,18-20,25H,7-11,14-17H2,1-2H3. The van der Waals surface area contributed by atoms with Crippen LogP contribution in [0.15, 0.2) is 36.4 Å². The summed E-state index contributed by atoms with van der Waals surface area (Å²) in [4.78, 5) is 16.5. The smallest absolute Gasteiger partial charge is 0.229 e. The minimum atomic E-state index is -0.296. The monoisotopic (exact) mass is 479 g/mol. The molecule has 4 aliphatic carbocycles. The van der Waals surface area contributed by atoms with Gasteiger partial charge in [0.2, 0.25) is 5.91 Å². The molecule has 35 heavy (non-hydrogen) atoms.